The Hall–Kier alpha value is -1.00. The van der Waals surface area contributed by atoms with Crippen LogP contribution in [0.1, 0.15) is 13.3 Å². The molecule has 1 aliphatic carbocycles. The van der Waals surface area contributed by atoms with E-state index in [9.17, 15) is 0 Å². The first-order chi connectivity index (χ1) is 5.22. The third-order valence-corrected chi connectivity index (χ3v) is 1.67. The van der Waals surface area contributed by atoms with Crippen molar-refractivity contribution in [1.29, 1.82) is 5.26 Å². The van der Waals surface area contributed by atoms with Gasteiger partial charge in [-0.15, -0.1) is 0 Å². The molecule has 0 aromatic rings. The van der Waals surface area contributed by atoms with E-state index in [-0.39, 0.29) is 0 Å². The van der Waals surface area contributed by atoms with Crippen molar-refractivity contribution >= 4 is 11.6 Å². The Morgan fingerprint density at radius 3 is 2.91 bits per heavy atom. The van der Waals surface area contributed by atoms with Crippen molar-refractivity contribution in [3.63, 3.8) is 0 Å². The van der Waals surface area contributed by atoms with Crippen LogP contribution in [0.4, 0.5) is 0 Å². The van der Waals surface area contributed by atoms with E-state index in [1.807, 2.05) is 19.1 Å². The number of hydrogen-bond donors (Lipinski definition) is 0. The Labute approximate surface area is 71.3 Å². The van der Waals surface area contributed by atoms with E-state index >= 15 is 0 Å². The molecule has 0 heterocycles. The molecule has 0 fully saturated rings. The number of nitriles is 1. The Kier molecular flexibility index (Phi) is 2.51. The summed E-state index contributed by atoms with van der Waals surface area (Å²) in [6.07, 6.45) is 6.25. The lowest BCUT2D eigenvalue weighted by Crippen LogP contribution is -1.71. The third-order valence-electron chi connectivity index (χ3n) is 1.45. The number of allylic oxidation sites excluding steroid dienone is 6. The highest BCUT2D eigenvalue weighted by Gasteiger charge is 1.99. The fourth-order valence-electron chi connectivity index (χ4n) is 0.892. The van der Waals surface area contributed by atoms with E-state index in [4.69, 9.17) is 16.9 Å². The summed E-state index contributed by atoms with van der Waals surface area (Å²) < 4.78 is 0. The molecule has 0 aromatic heterocycles. The average Bonchev–Trinajstić information content (AvgIpc) is 2.11. The first kappa shape index (κ1) is 8.10. The Balaban J connectivity index is 2.97. The number of halogens is 1. The molecule has 0 atom stereocenters. The van der Waals surface area contributed by atoms with Crippen LogP contribution in [0.3, 0.4) is 0 Å². The maximum absolute atomic E-state index is 8.58. The molecular formula is C9H8ClN. The van der Waals surface area contributed by atoms with E-state index in [0.717, 1.165) is 6.42 Å². The predicted octanol–water partition coefficient (Wildman–Crippen LogP) is 2.91. The second kappa shape index (κ2) is 3.41. The maximum Gasteiger partial charge on any atom is 0.0988 e. The quantitative estimate of drug-likeness (QED) is 0.542. The number of rotatable bonds is 0. The van der Waals surface area contributed by atoms with Crippen LogP contribution in [0.25, 0.3) is 0 Å². The fourth-order valence-corrected chi connectivity index (χ4v) is 1.20. The highest BCUT2D eigenvalue weighted by Crippen LogP contribution is 2.17. The summed E-state index contributed by atoms with van der Waals surface area (Å²) in [5.41, 5.74) is 1.82. The summed E-state index contributed by atoms with van der Waals surface area (Å²) in [5, 5.41) is 9.21. The molecule has 0 N–H and O–H groups in total. The van der Waals surface area contributed by atoms with Crippen molar-refractivity contribution in [3.8, 4) is 6.07 Å². The van der Waals surface area contributed by atoms with Gasteiger partial charge in [0.05, 0.1) is 6.07 Å². The van der Waals surface area contributed by atoms with Crippen LogP contribution >= 0.6 is 11.6 Å². The summed E-state index contributed by atoms with van der Waals surface area (Å²) in [6, 6.07) is 2.06. The zero-order valence-electron chi connectivity index (χ0n) is 6.26. The molecule has 0 aromatic carbocycles. The van der Waals surface area contributed by atoms with Gasteiger partial charge in [0.25, 0.3) is 0 Å². The van der Waals surface area contributed by atoms with Gasteiger partial charge >= 0.3 is 0 Å². The lowest BCUT2D eigenvalue weighted by molar-refractivity contribution is 1.21. The van der Waals surface area contributed by atoms with Crippen LogP contribution in [-0.2, 0) is 0 Å². The average molecular weight is 166 g/mol. The van der Waals surface area contributed by atoms with E-state index in [1.54, 1.807) is 6.08 Å². The monoisotopic (exact) mass is 165 g/mol. The minimum atomic E-state index is 0.632. The Morgan fingerprint density at radius 2 is 2.27 bits per heavy atom. The van der Waals surface area contributed by atoms with Crippen molar-refractivity contribution in [1.82, 2.24) is 0 Å². The Bertz CT molecular complexity index is 289. The largest absolute Gasteiger partial charge is 0.192 e. The van der Waals surface area contributed by atoms with Gasteiger partial charge < -0.3 is 0 Å². The predicted molar refractivity (Wildman–Crippen MR) is 46.0 cm³/mol. The van der Waals surface area contributed by atoms with Gasteiger partial charge in [-0.05, 0) is 25.5 Å². The van der Waals surface area contributed by atoms with Crippen LogP contribution in [0.15, 0.2) is 34.4 Å². The van der Waals surface area contributed by atoms with Crippen LogP contribution in [-0.4, -0.2) is 0 Å². The zero-order valence-corrected chi connectivity index (χ0v) is 7.02. The van der Waals surface area contributed by atoms with E-state index in [1.165, 1.54) is 5.57 Å². The molecule has 1 rings (SSSR count). The lowest BCUT2D eigenvalue weighted by atomic mass is 10.2. The van der Waals surface area contributed by atoms with Crippen LogP contribution in [0.5, 0.6) is 0 Å². The van der Waals surface area contributed by atoms with Gasteiger partial charge in [-0.25, -0.2) is 0 Å². The fraction of sp³-hybridized carbons (Fsp3) is 0.222. The van der Waals surface area contributed by atoms with Crippen LogP contribution in [0, 0.1) is 11.3 Å². The van der Waals surface area contributed by atoms with Crippen LogP contribution in [0.2, 0.25) is 0 Å². The molecule has 1 nitrogen and oxygen atoms in total. The Morgan fingerprint density at radius 1 is 1.55 bits per heavy atom. The van der Waals surface area contributed by atoms with Gasteiger partial charge in [0.2, 0.25) is 0 Å². The summed E-state index contributed by atoms with van der Waals surface area (Å²) in [7, 11) is 0. The van der Waals surface area contributed by atoms with Gasteiger partial charge in [0, 0.05) is 10.6 Å². The van der Waals surface area contributed by atoms with E-state index in [0.29, 0.717) is 10.6 Å². The summed E-state index contributed by atoms with van der Waals surface area (Å²) in [5.74, 6) is 0. The zero-order chi connectivity index (χ0) is 8.27. The number of hydrogen-bond acceptors (Lipinski definition) is 1. The van der Waals surface area contributed by atoms with Crippen molar-refractivity contribution in [2.24, 2.45) is 0 Å². The topological polar surface area (TPSA) is 23.8 Å². The molecule has 0 amide bonds. The molecule has 11 heavy (non-hydrogen) atoms. The second-order valence-electron chi connectivity index (χ2n) is 2.50. The SMILES string of the molecule is CC1=CC(Cl)=CC(C#N)=CC1. The molecular weight excluding hydrogens is 158 g/mol. The first-order valence-corrected chi connectivity index (χ1v) is 3.75. The maximum atomic E-state index is 8.58. The van der Waals surface area contributed by atoms with Crippen molar-refractivity contribution in [3.05, 3.63) is 34.4 Å². The normalized spacial score (nSPS) is 17.4. The minimum Gasteiger partial charge on any atom is -0.192 e. The number of nitrogens with zero attached hydrogens (tertiary/aromatic N) is 1. The van der Waals surface area contributed by atoms with Gasteiger partial charge in [-0.1, -0.05) is 23.3 Å². The molecule has 0 saturated heterocycles. The molecule has 0 spiro atoms. The standard InChI is InChI=1S/C9H8ClN/c1-7-2-3-8(6-11)5-9(10)4-7/h3-5H,2H2,1H3. The van der Waals surface area contributed by atoms with Crippen molar-refractivity contribution < 1.29 is 0 Å². The van der Waals surface area contributed by atoms with Gasteiger partial charge in [-0.3, -0.25) is 0 Å². The summed E-state index contributed by atoms with van der Waals surface area (Å²) in [6.45, 7) is 1.99. The van der Waals surface area contributed by atoms with Crippen molar-refractivity contribution in [2.75, 3.05) is 0 Å². The lowest BCUT2D eigenvalue weighted by Gasteiger charge is -1.89. The molecule has 0 saturated carbocycles. The molecule has 0 radical (unpaired) electrons. The molecule has 0 aliphatic heterocycles. The first-order valence-electron chi connectivity index (χ1n) is 3.37. The third kappa shape index (κ3) is 2.25. The second-order valence-corrected chi connectivity index (χ2v) is 2.93. The summed E-state index contributed by atoms with van der Waals surface area (Å²) >= 11 is 5.78. The molecule has 1 aliphatic rings. The molecule has 0 unspecified atom stereocenters. The van der Waals surface area contributed by atoms with Gasteiger partial charge in [0.1, 0.15) is 0 Å². The van der Waals surface area contributed by atoms with Gasteiger partial charge in [0.15, 0.2) is 0 Å². The molecule has 0 bridgehead atoms. The van der Waals surface area contributed by atoms with Gasteiger partial charge in [-0.2, -0.15) is 5.26 Å². The van der Waals surface area contributed by atoms with Crippen LogP contribution < -0.4 is 0 Å². The summed E-state index contributed by atoms with van der Waals surface area (Å²) in [4.78, 5) is 0. The van der Waals surface area contributed by atoms with Crippen molar-refractivity contribution in [2.45, 2.75) is 13.3 Å². The van der Waals surface area contributed by atoms with E-state index in [2.05, 4.69) is 6.07 Å². The molecule has 2 heteroatoms. The smallest absolute Gasteiger partial charge is 0.0988 e. The van der Waals surface area contributed by atoms with E-state index < -0.39 is 0 Å². The highest BCUT2D eigenvalue weighted by atomic mass is 35.5. The highest BCUT2D eigenvalue weighted by molar-refractivity contribution is 6.31. The molecule has 56 valence electrons. The minimum absolute atomic E-state index is 0.632.